The molecule has 0 saturated carbocycles. The molecule has 2 aliphatic rings. The van der Waals surface area contributed by atoms with Gasteiger partial charge in [0, 0.05) is 13.1 Å². The highest BCUT2D eigenvalue weighted by molar-refractivity contribution is 4.96. The van der Waals surface area contributed by atoms with Gasteiger partial charge in [0.1, 0.15) is 12.2 Å². The molecular weight excluding hydrogens is 381 g/mol. The van der Waals surface area contributed by atoms with Crippen LogP contribution in [0, 0.1) is 0 Å². The van der Waals surface area contributed by atoms with Crippen molar-refractivity contribution in [1.29, 1.82) is 0 Å². The number of nitrogens with zero attached hydrogens (tertiary/aromatic N) is 1. The van der Waals surface area contributed by atoms with Gasteiger partial charge >= 0.3 is 18.0 Å². The van der Waals surface area contributed by atoms with Gasteiger partial charge in [-0.25, -0.2) is 17.6 Å². The van der Waals surface area contributed by atoms with E-state index >= 15 is 0 Å². The molecule has 2 fully saturated rings. The van der Waals surface area contributed by atoms with Gasteiger partial charge in [-0.15, -0.1) is 0 Å². The van der Waals surface area contributed by atoms with E-state index in [4.69, 9.17) is 0 Å². The van der Waals surface area contributed by atoms with Crippen molar-refractivity contribution >= 4 is 0 Å². The first kappa shape index (κ1) is 21.6. The largest absolute Gasteiger partial charge is 0.425 e. The number of rotatable bonds is 5. The minimum absolute atomic E-state index is 0.0592. The van der Waals surface area contributed by atoms with E-state index < -0.39 is 55.5 Å². The maximum absolute atomic E-state index is 14.4. The topological polar surface area (TPSA) is 12.5 Å². The summed E-state index contributed by atoms with van der Waals surface area (Å²) in [6.07, 6.45) is -18.1. The smallest absolute Gasteiger partial charge is 0.362 e. The van der Waals surface area contributed by atoms with E-state index in [2.05, 4.69) is 4.74 Å². The molecule has 0 aliphatic carbocycles. The SMILES string of the molecule is FC(N1CCCCC1)C(F)(F)C1CCCC(C(F)(F)C(F)C(F)(F)F)O1. The van der Waals surface area contributed by atoms with E-state index in [1.807, 2.05) is 0 Å². The lowest BCUT2D eigenvalue weighted by molar-refractivity contribution is -0.304. The van der Waals surface area contributed by atoms with Crippen molar-refractivity contribution < 1.29 is 44.3 Å². The highest BCUT2D eigenvalue weighted by atomic mass is 19.4. The van der Waals surface area contributed by atoms with Crippen LogP contribution >= 0.6 is 0 Å². The Kier molecular flexibility index (Phi) is 6.42. The summed E-state index contributed by atoms with van der Waals surface area (Å²) in [4.78, 5) is 0.863. The van der Waals surface area contributed by atoms with Crippen molar-refractivity contribution in [2.45, 2.75) is 81.2 Å². The van der Waals surface area contributed by atoms with Gasteiger partial charge < -0.3 is 4.74 Å². The summed E-state index contributed by atoms with van der Waals surface area (Å²) in [7, 11) is 0. The van der Waals surface area contributed by atoms with Gasteiger partial charge in [-0.2, -0.15) is 22.0 Å². The standard InChI is InChI=1S/C15H20F9NO/c16-11(15(22,23)24)13(18,19)9-5-4-6-10(26-9)14(20,21)12(17)25-7-2-1-3-8-25/h9-12H,1-8H2. The van der Waals surface area contributed by atoms with E-state index in [1.54, 1.807) is 0 Å². The van der Waals surface area contributed by atoms with Crippen molar-refractivity contribution in [1.82, 2.24) is 4.90 Å². The monoisotopic (exact) mass is 401 g/mol. The fourth-order valence-electron chi connectivity index (χ4n) is 3.31. The van der Waals surface area contributed by atoms with Gasteiger partial charge in [0.05, 0.1) is 0 Å². The molecule has 2 heterocycles. The van der Waals surface area contributed by atoms with Crippen LogP contribution in [0.4, 0.5) is 39.5 Å². The molecule has 2 nitrogen and oxygen atoms in total. The van der Waals surface area contributed by atoms with Crippen molar-refractivity contribution in [3.05, 3.63) is 0 Å². The third-order valence-corrected chi connectivity index (χ3v) is 4.77. The molecule has 11 heteroatoms. The number of hydrogen-bond acceptors (Lipinski definition) is 2. The molecule has 0 aromatic heterocycles. The first-order chi connectivity index (χ1) is 11.9. The highest BCUT2D eigenvalue weighted by Crippen LogP contribution is 2.44. The molecule has 4 atom stereocenters. The van der Waals surface area contributed by atoms with Crippen LogP contribution in [-0.4, -0.2) is 60.7 Å². The van der Waals surface area contributed by atoms with Crippen LogP contribution in [0.1, 0.15) is 38.5 Å². The van der Waals surface area contributed by atoms with E-state index in [0.717, 1.165) is 11.3 Å². The molecule has 154 valence electrons. The van der Waals surface area contributed by atoms with Gasteiger partial charge in [-0.1, -0.05) is 6.42 Å². The van der Waals surface area contributed by atoms with E-state index in [-0.39, 0.29) is 19.5 Å². The summed E-state index contributed by atoms with van der Waals surface area (Å²) in [6.45, 7) is 0.118. The average molecular weight is 401 g/mol. The zero-order valence-electron chi connectivity index (χ0n) is 13.7. The summed E-state index contributed by atoms with van der Waals surface area (Å²) in [5, 5.41) is 0. The fourth-order valence-corrected chi connectivity index (χ4v) is 3.31. The highest BCUT2D eigenvalue weighted by Gasteiger charge is 2.63. The molecule has 0 aromatic rings. The molecule has 0 bridgehead atoms. The van der Waals surface area contributed by atoms with Gasteiger partial charge in [0.25, 0.3) is 6.17 Å². The van der Waals surface area contributed by atoms with Crippen LogP contribution in [0.3, 0.4) is 0 Å². The molecule has 0 spiro atoms. The molecule has 0 N–H and O–H groups in total. The molecule has 2 rings (SSSR count). The van der Waals surface area contributed by atoms with Crippen molar-refractivity contribution in [3.63, 3.8) is 0 Å². The van der Waals surface area contributed by atoms with E-state index in [1.165, 1.54) is 0 Å². The Morgan fingerprint density at radius 2 is 1.23 bits per heavy atom. The Hall–Kier alpha value is -0.710. The number of hydrogen-bond donors (Lipinski definition) is 0. The van der Waals surface area contributed by atoms with Crippen LogP contribution < -0.4 is 0 Å². The first-order valence-corrected chi connectivity index (χ1v) is 8.38. The van der Waals surface area contributed by atoms with Crippen molar-refractivity contribution in [2.24, 2.45) is 0 Å². The third kappa shape index (κ3) is 4.40. The Morgan fingerprint density at radius 3 is 1.73 bits per heavy atom. The van der Waals surface area contributed by atoms with Crippen LogP contribution in [-0.2, 0) is 4.74 Å². The minimum Gasteiger partial charge on any atom is -0.362 e. The second-order valence-electron chi connectivity index (χ2n) is 6.73. The van der Waals surface area contributed by atoms with Crippen molar-refractivity contribution in [3.8, 4) is 0 Å². The minimum atomic E-state index is -5.86. The number of piperidine rings is 1. The lowest BCUT2D eigenvalue weighted by atomic mass is 9.93. The lowest BCUT2D eigenvalue weighted by Crippen LogP contribution is -2.58. The molecule has 0 radical (unpaired) electrons. The summed E-state index contributed by atoms with van der Waals surface area (Å²) in [5.74, 6) is -9.24. The molecular formula is C15H20F9NO. The Morgan fingerprint density at radius 1 is 0.731 bits per heavy atom. The zero-order valence-corrected chi connectivity index (χ0v) is 13.7. The fraction of sp³-hybridized carbons (Fsp3) is 1.00. The van der Waals surface area contributed by atoms with Crippen LogP contribution in [0.2, 0.25) is 0 Å². The number of halogens is 9. The first-order valence-electron chi connectivity index (χ1n) is 8.38. The second-order valence-corrected chi connectivity index (χ2v) is 6.73. The van der Waals surface area contributed by atoms with E-state index in [0.29, 0.717) is 12.8 Å². The Bertz CT molecular complexity index is 465. The molecule has 26 heavy (non-hydrogen) atoms. The summed E-state index contributed by atoms with van der Waals surface area (Å²) >= 11 is 0. The number of alkyl halides is 9. The van der Waals surface area contributed by atoms with Crippen LogP contribution in [0.25, 0.3) is 0 Å². The summed E-state index contributed by atoms with van der Waals surface area (Å²) in [5.41, 5.74) is 0. The predicted octanol–water partition coefficient (Wildman–Crippen LogP) is 4.88. The molecule has 4 unspecified atom stereocenters. The molecule has 2 saturated heterocycles. The molecule has 0 aromatic carbocycles. The second kappa shape index (κ2) is 7.73. The lowest BCUT2D eigenvalue weighted by Gasteiger charge is -2.42. The maximum Gasteiger partial charge on any atom is 0.425 e. The number of likely N-dealkylation sites (tertiary alicyclic amines) is 1. The van der Waals surface area contributed by atoms with Crippen LogP contribution in [0.5, 0.6) is 0 Å². The van der Waals surface area contributed by atoms with Crippen molar-refractivity contribution in [2.75, 3.05) is 13.1 Å². The third-order valence-electron chi connectivity index (χ3n) is 4.77. The maximum atomic E-state index is 14.4. The number of ether oxygens (including phenoxy) is 1. The normalized spacial score (nSPS) is 29.4. The zero-order chi connectivity index (χ0) is 19.8. The average Bonchev–Trinajstić information content (AvgIpc) is 2.60. The molecule has 2 aliphatic heterocycles. The van der Waals surface area contributed by atoms with Crippen LogP contribution in [0.15, 0.2) is 0 Å². The summed E-state index contributed by atoms with van der Waals surface area (Å²) < 4.78 is 125. The van der Waals surface area contributed by atoms with Gasteiger partial charge in [0.2, 0.25) is 6.30 Å². The summed E-state index contributed by atoms with van der Waals surface area (Å²) in [6, 6.07) is 0. The quantitative estimate of drug-likeness (QED) is 0.481. The van der Waals surface area contributed by atoms with Gasteiger partial charge in [-0.3, -0.25) is 4.90 Å². The van der Waals surface area contributed by atoms with E-state index in [9.17, 15) is 39.5 Å². The predicted molar refractivity (Wildman–Crippen MR) is 73.7 cm³/mol. The van der Waals surface area contributed by atoms with Gasteiger partial charge in [-0.05, 0) is 32.1 Å². The Balaban J connectivity index is 2.10. The van der Waals surface area contributed by atoms with Gasteiger partial charge in [0.15, 0.2) is 0 Å². The molecule has 0 amide bonds. The Labute approximate surface area is 144 Å².